The largest absolute Gasteiger partial charge is 0.421 e. The molecule has 3 nitrogen and oxygen atoms in total. The van der Waals surface area contributed by atoms with Crippen LogP contribution in [0.2, 0.25) is 0 Å². The third kappa shape index (κ3) is 2.23. The Morgan fingerprint density at radius 3 is 2.29 bits per heavy atom. The Bertz CT molecular complexity index is 535. The van der Waals surface area contributed by atoms with E-state index in [0.29, 0.717) is 11.8 Å². The van der Waals surface area contributed by atoms with Crippen LogP contribution >= 0.6 is 0 Å². The molecule has 90 valence electrons. The average molecular weight is 230 g/mol. The fraction of sp³-hybridized carbons (Fsp3) is 0.429. The lowest BCUT2D eigenvalue weighted by atomic mass is 9.82. The van der Waals surface area contributed by atoms with E-state index in [9.17, 15) is 0 Å². The molecule has 0 N–H and O–H groups in total. The van der Waals surface area contributed by atoms with Gasteiger partial charge >= 0.3 is 0 Å². The molecule has 1 aromatic heterocycles. The predicted molar refractivity (Wildman–Crippen MR) is 67.9 cm³/mol. The van der Waals surface area contributed by atoms with Gasteiger partial charge < -0.3 is 4.42 Å². The molecule has 0 aliphatic carbocycles. The quantitative estimate of drug-likeness (QED) is 0.750. The number of nitrogens with zero attached hydrogens (tertiary/aromatic N) is 2. The minimum Gasteiger partial charge on any atom is -0.421 e. The van der Waals surface area contributed by atoms with Crippen LogP contribution in [0.5, 0.6) is 0 Å². The van der Waals surface area contributed by atoms with Gasteiger partial charge in [-0.05, 0) is 29.5 Å². The first-order chi connectivity index (χ1) is 7.89. The number of benzene rings is 1. The third-order valence-electron chi connectivity index (χ3n) is 2.90. The summed E-state index contributed by atoms with van der Waals surface area (Å²) in [6, 6.07) is 6.22. The van der Waals surface area contributed by atoms with Crippen molar-refractivity contribution in [2.75, 3.05) is 0 Å². The molecule has 1 aromatic carbocycles. The van der Waals surface area contributed by atoms with E-state index in [1.165, 1.54) is 11.1 Å². The summed E-state index contributed by atoms with van der Waals surface area (Å²) in [7, 11) is 0. The lowest BCUT2D eigenvalue weighted by molar-refractivity contribution is 0.531. The van der Waals surface area contributed by atoms with Gasteiger partial charge in [-0.1, -0.05) is 32.9 Å². The highest BCUT2D eigenvalue weighted by molar-refractivity contribution is 5.61. The number of rotatable bonds is 1. The zero-order valence-corrected chi connectivity index (χ0v) is 11.0. The van der Waals surface area contributed by atoms with E-state index in [4.69, 9.17) is 4.42 Å². The maximum Gasteiger partial charge on any atom is 0.247 e. The zero-order valence-electron chi connectivity index (χ0n) is 11.0. The summed E-state index contributed by atoms with van der Waals surface area (Å²) in [4.78, 5) is 0. The van der Waals surface area contributed by atoms with Crippen molar-refractivity contribution in [1.82, 2.24) is 10.2 Å². The fourth-order valence-corrected chi connectivity index (χ4v) is 2.09. The Kier molecular flexibility index (Phi) is 2.77. The molecule has 0 amide bonds. The van der Waals surface area contributed by atoms with Crippen LogP contribution in [0, 0.1) is 13.8 Å². The molecular formula is C14H18N2O. The van der Waals surface area contributed by atoms with Crippen molar-refractivity contribution in [2.24, 2.45) is 0 Å². The Labute approximate surface area is 102 Å². The molecule has 2 aromatic rings. The number of hydrogen-bond acceptors (Lipinski definition) is 3. The first-order valence-corrected chi connectivity index (χ1v) is 5.80. The summed E-state index contributed by atoms with van der Waals surface area (Å²) in [6.07, 6.45) is 0. The molecule has 0 atom stereocenters. The molecule has 0 unspecified atom stereocenters. The molecule has 0 fully saturated rings. The zero-order chi connectivity index (χ0) is 12.6. The van der Waals surface area contributed by atoms with Crippen molar-refractivity contribution in [3.63, 3.8) is 0 Å². The normalized spacial score (nSPS) is 11.8. The highest BCUT2D eigenvalue weighted by Crippen LogP contribution is 2.31. The summed E-state index contributed by atoms with van der Waals surface area (Å²) < 4.78 is 5.50. The summed E-state index contributed by atoms with van der Waals surface area (Å²) in [5.41, 5.74) is 3.67. The van der Waals surface area contributed by atoms with E-state index in [2.05, 4.69) is 44.0 Å². The molecule has 0 aliphatic heterocycles. The smallest absolute Gasteiger partial charge is 0.247 e. The highest BCUT2D eigenvalue weighted by atomic mass is 16.4. The van der Waals surface area contributed by atoms with Gasteiger partial charge in [0.25, 0.3) is 0 Å². The lowest BCUT2D eigenvalue weighted by Gasteiger charge is -2.22. The van der Waals surface area contributed by atoms with Crippen molar-refractivity contribution in [1.29, 1.82) is 0 Å². The molecule has 0 aliphatic rings. The van der Waals surface area contributed by atoms with Crippen LogP contribution in [0.15, 0.2) is 22.6 Å². The lowest BCUT2D eigenvalue weighted by Crippen LogP contribution is -2.13. The second kappa shape index (κ2) is 3.99. The molecule has 3 heteroatoms. The van der Waals surface area contributed by atoms with Gasteiger partial charge in [0.2, 0.25) is 11.8 Å². The van der Waals surface area contributed by atoms with E-state index < -0.39 is 0 Å². The number of aromatic nitrogens is 2. The van der Waals surface area contributed by atoms with Crippen molar-refractivity contribution in [2.45, 2.75) is 40.0 Å². The third-order valence-corrected chi connectivity index (χ3v) is 2.90. The van der Waals surface area contributed by atoms with E-state index in [1.54, 1.807) is 6.92 Å². The van der Waals surface area contributed by atoms with Gasteiger partial charge in [-0.25, -0.2) is 0 Å². The first-order valence-electron chi connectivity index (χ1n) is 5.80. The van der Waals surface area contributed by atoms with Crippen molar-refractivity contribution in [3.05, 3.63) is 35.2 Å². The van der Waals surface area contributed by atoms with E-state index in [0.717, 1.165) is 5.56 Å². The van der Waals surface area contributed by atoms with Gasteiger partial charge in [0.05, 0.1) is 0 Å². The van der Waals surface area contributed by atoms with Gasteiger partial charge in [0.1, 0.15) is 0 Å². The molecule has 0 bridgehead atoms. The van der Waals surface area contributed by atoms with E-state index in [1.807, 2.05) is 12.1 Å². The van der Waals surface area contributed by atoms with E-state index >= 15 is 0 Å². The monoisotopic (exact) mass is 230 g/mol. The van der Waals surface area contributed by atoms with E-state index in [-0.39, 0.29) is 5.41 Å². The fourth-order valence-electron chi connectivity index (χ4n) is 2.09. The van der Waals surface area contributed by atoms with Gasteiger partial charge in [-0.2, -0.15) is 0 Å². The SMILES string of the molecule is Cc1nnc(-c2cccc(C(C)(C)C)c2C)o1. The van der Waals surface area contributed by atoms with Crippen LogP contribution in [-0.4, -0.2) is 10.2 Å². The summed E-state index contributed by atoms with van der Waals surface area (Å²) in [5.74, 6) is 1.20. The molecular weight excluding hydrogens is 212 g/mol. The standard InChI is InChI=1S/C14H18N2O/c1-9-11(13-16-15-10(2)17-13)7-6-8-12(9)14(3,4)5/h6-8H,1-5H3. The Balaban J connectivity index is 2.57. The number of hydrogen-bond donors (Lipinski definition) is 0. The van der Waals surface area contributed by atoms with Gasteiger partial charge in [-0.15, -0.1) is 10.2 Å². The van der Waals surface area contributed by atoms with Gasteiger partial charge in [0.15, 0.2) is 0 Å². The summed E-state index contributed by atoms with van der Waals surface area (Å²) >= 11 is 0. The maximum absolute atomic E-state index is 5.50. The second-order valence-electron chi connectivity index (χ2n) is 5.35. The Morgan fingerprint density at radius 2 is 1.76 bits per heavy atom. The van der Waals surface area contributed by atoms with Gasteiger partial charge in [-0.3, -0.25) is 0 Å². The summed E-state index contributed by atoms with van der Waals surface area (Å²) in [6.45, 7) is 10.5. The molecule has 17 heavy (non-hydrogen) atoms. The topological polar surface area (TPSA) is 38.9 Å². The molecule has 2 rings (SSSR count). The van der Waals surface area contributed by atoms with Crippen LogP contribution in [-0.2, 0) is 5.41 Å². The highest BCUT2D eigenvalue weighted by Gasteiger charge is 2.19. The van der Waals surface area contributed by atoms with Crippen molar-refractivity contribution < 1.29 is 4.42 Å². The minimum absolute atomic E-state index is 0.120. The molecule has 1 heterocycles. The van der Waals surface area contributed by atoms with Gasteiger partial charge in [0, 0.05) is 12.5 Å². The van der Waals surface area contributed by atoms with Crippen LogP contribution in [0.3, 0.4) is 0 Å². The van der Waals surface area contributed by atoms with Crippen molar-refractivity contribution in [3.8, 4) is 11.5 Å². The van der Waals surface area contributed by atoms with Crippen LogP contribution in [0.25, 0.3) is 11.5 Å². The first kappa shape index (κ1) is 11.8. The van der Waals surface area contributed by atoms with Crippen LogP contribution in [0.1, 0.15) is 37.8 Å². The van der Waals surface area contributed by atoms with Crippen molar-refractivity contribution >= 4 is 0 Å². The number of aryl methyl sites for hydroxylation is 1. The van der Waals surface area contributed by atoms with Crippen LogP contribution in [0.4, 0.5) is 0 Å². The Morgan fingerprint density at radius 1 is 1.06 bits per heavy atom. The average Bonchev–Trinajstić information content (AvgIpc) is 2.63. The van der Waals surface area contributed by atoms with Crippen LogP contribution < -0.4 is 0 Å². The minimum atomic E-state index is 0.120. The second-order valence-corrected chi connectivity index (χ2v) is 5.35. The Hall–Kier alpha value is -1.64. The molecule has 0 spiro atoms. The summed E-state index contributed by atoms with van der Waals surface area (Å²) in [5, 5.41) is 7.96. The molecule has 0 radical (unpaired) electrons. The molecule has 0 saturated carbocycles. The predicted octanol–water partition coefficient (Wildman–Crippen LogP) is 3.65. The molecule has 0 saturated heterocycles. The maximum atomic E-state index is 5.50.